The Morgan fingerprint density at radius 1 is 1.22 bits per heavy atom. The van der Waals surface area contributed by atoms with E-state index in [4.69, 9.17) is 0 Å². The third kappa shape index (κ3) is 3.87. The van der Waals surface area contributed by atoms with Crippen LogP contribution in [-0.2, 0) is 11.3 Å². The molecule has 9 nitrogen and oxygen atoms in total. The summed E-state index contributed by atoms with van der Waals surface area (Å²) in [5, 5.41) is 16.6. The molecule has 3 aromatic rings. The average molecular weight is 436 g/mol. The molecule has 2 atom stereocenters. The van der Waals surface area contributed by atoms with Crippen LogP contribution in [0.3, 0.4) is 0 Å². The van der Waals surface area contributed by atoms with E-state index in [9.17, 15) is 9.59 Å². The molecule has 2 aliphatic rings. The maximum Gasteiger partial charge on any atom is 0.254 e. The topological polar surface area (TPSA) is 109 Å². The lowest BCUT2D eigenvalue weighted by atomic mass is 9.65. The summed E-state index contributed by atoms with van der Waals surface area (Å²) in [6, 6.07) is 8.20. The number of tetrazole rings is 1. The van der Waals surface area contributed by atoms with Crippen LogP contribution in [0.5, 0.6) is 0 Å². The maximum absolute atomic E-state index is 13.4. The van der Waals surface area contributed by atoms with E-state index in [2.05, 4.69) is 51.6 Å². The number of benzene rings is 1. The molecule has 2 aromatic heterocycles. The van der Waals surface area contributed by atoms with E-state index < -0.39 is 0 Å². The van der Waals surface area contributed by atoms with Gasteiger partial charge in [-0.3, -0.25) is 14.9 Å². The number of hydrogen-bond donors (Lipinski definition) is 2. The van der Waals surface area contributed by atoms with Crippen LogP contribution in [0.4, 0.5) is 5.95 Å². The number of carbonyl (C=O) groups excluding carboxylic acids is 2. The van der Waals surface area contributed by atoms with Crippen molar-refractivity contribution >= 4 is 28.7 Å². The molecule has 168 valence electrons. The van der Waals surface area contributed by atoms with Crippen LogP contribution >= 0.6 is 0 Å². The smallest absolute Gasteiger partial charge is 0.254 e. The highest BCUT2D eigenvalue weighted by Crippen LogP contribution is 2.52. The SMILES string of the molecule is CC1(C)CC2CC(C)(CN2C(=O)c2ccc3c(ccn3CCC(=O)Nc3nnn[nH]3)c2)C1. The number of carbonyl (C=O) groups is 2. The predicted molar refractivity (Wildman–Crippen MR) is 120 cm³/mol. The van der Waals surface area contributed by atoms with Gasteiger partial charge < -0.3 is 9.47 Å². The number of nitrogens with zero attached hydrogens (tertiary/aromatic N) is 5. The van der Waals surface area contributed by atoms with Gasteiger partial charge in [0.15, 0.2) is 0 Å². The lowest BCUT2D eigenvalue weighted by molar-refractivity contribution is -0.116. The quantitative estimate of drug-likeness (QED) is 0.640. The van der Waals surface area contributed by atoms with Gasteiger partial charge >= 0.3 is 0 Å². The molecule has 32 heavy (non-hydrogen) atoms. The van der Waals surface area contributed by atoms with Crippen molar-refractivity contribution in [3.8, 4) is 0 Å². The second kappa shape index (κ2) is 7.43. The summed E-state index contributed by atoms with van der Waals surface area (Å²) in [4.78, 5) is 27.6. The van der Waals surface area contributed by atoms with Crippen molar-refractivity contribution in [1.82, 2.24) is 30.1 Å². The van der Waals surface area contributed by atoms with E-state index in [1.54, 1.807) is 0 Å². The first-order chi connectivity index (χ1) is 15.2. The number of likely N-dealkylation sites (tertiary alicyclic amines) is 1. The van der Waals surface area contributed by atoms with E-state index in [0.29, 0.717) is 12.6 Å². The molecular weight excluding hydrogens is 406 g/mol. The van der Waals surface area contributed by atoms with Crippen LogP contribution in [0.1, 0.15) is 56.8 Å². The van der Waals surface area contributed by atoms with Crippen LogP contribution in [0, 0.1) is 10.8 Å². The van der Waals surface area contributed by atoms with Gasteiger partial charge in [-0.1, -0.05) is 25.9 Å². The van der Waals surface area contributed by atoms with Gasteiger partial charge in [0.2, 0.25) is 11.9 Å². The monoisotopic (exact) mass is 435 g/mol. The minimum Gasteiger partial charge on any atom is -0.347 e. The van der Waals surface area contributed by atoms with Crippen molar-refractivity contribution in [3.63, 3.8) is 0 Å². The maximum atomic E-state index is 13.4. The third-order valence-electron chi connectivity index (χ3n) is 6.88. The molecule has 2 N–H and O–H groups in total. The third-order valence-corrected chi connectivity index (χ3v) is 6.88. The molecule has 1 aliphatic carbocycles. The largest absolute Gasteiger partial charge is 0.347 e. The van der Waals surface area contributed by atoms with Crippen molar-refractivity contribution in [2.75, 3.05) is 11.9 Å². The lowest BCUT2D eigenvalue weighted by Gasteiger charge is -2.39. The van der Waals surface area contributed by atoms with Crippen molar-refractivity contribution in [2.24, 2.45) is 10.8 Å². The highest BCUT2D eigenvalue weighted by molar-refractivity contribution is 5.98. The minimum absolute atomic E-state index is 0.131. The second-order valence-corrected chi connectivity index (χ2v) is 10.5. The summed E-state index contributed by atoms with van der Waals surface area (Å²) in [6.45, 7) is 8.33. The van der Waals surface area contributed by atoms with Crippen LogP contribution in [0.25, 0.3) is 10.9 Å². The van der Waals surface area contributed by atoms with E-state index in [1.807, 2.05) is 35.0 Å². The van der Waals surface area contributed by atoms with Gasteiger partial charge in [-0.15, -0.1) is 0 Å². The number of fused-ring (bicyclic) bond motifs is 3. The molecule has 5 rings (SSSR count). The number of rotatable bonds is 5. The fourth-order valence-electron chi connectivity index (χ4n) is 6.02. The summed E-state index contributed by atoms with van der Waals surface area (Å²) in [7, 11) is 0. The van der Waals surface area contributed by atoms with Crippen molar-refractivity contribution in [2.45, 2.75) is 59.0 Å². The van der Waals surface area contributed by atoms with Crippen LogP contribution < -0.4 is 5.32 Å². The van der Waals surface area contributed by atoms with Crippen LogP contribution in [0.2, 0.25) is 0 Å². The van der Waals surface area contributed by atoms with Crippen molar-refractivity contribution < 1.29 is 9.59 Å². The molecule has 3 heterocycles. The first kappa shape index (κ1) is 20.7. The fourth-order valence-corrected chi connectivity index (χ4v) is 6.02. The number of aromatic amines is 1. The Hall–Kier alpha value is -3.23. The first-order valence-electron chi connectivity index (χ1n) is 11.1. The first-order valence-corrected chi connectivity index (χ1v) is 11.1. The number of hydrogen-bond acceptors (Lipinski definition) is 5. The molecule has 2 bridgehead atoms. The van der Waals surface area contributed by atoms with Gasteiger partial charge in [0.25, 0.3) is 5.91 Å². The van der Waals surface area contributed by atoms with Crippen molar-refractivity contribution in [3.05, 3.63) is 36.0 Å². The number of H-pyrrole nitrogens is 1. The van der Waals surface area contributed by atoms with Gasteiger partial charge in [0.1, 0.15) is 0 Å². The Labute approximate surface area is 186 Å². The highest BCUT2D eigenvalue weighted by Gasteiger charge is 2.51. The summed E-state index contributed by atoms with van der Waals surface area (Å²) in [5.41, 5.74) is 2.24. The molecule has 2 unspecified atom stereocenters. The van der Waals surface area contributed by atoms with Gasteiger partial charge in [0.05, 0.1) is 0 Å². The van der Waals surface area contributed by atoms with Gasteiger partial charge in [-0.25, -0.2) is 5.10 Å². The molecule has 1 aromatic carbocycles. The van der Waals surface area contributed by atoms with E-state index >= 15 is 0 Å². The van der Waals surface area contributed by atoms with E-state index in [1.165, 1.54) is 6.42 Å². The summed E-state index contributed by atoms with van der Waals surface area (Å²) in [6.07, 6.45) is 5.58. The zero-order valence-corrected chi connectivity index (χ0v) is 18.8. The van der Waals surface area contributed by atoms with E-state index in [-0.39, 0.29) is 35.0 Å². The molecule has 2 fully saturated rings. The second-order valence-electron chi connectivity index (χ2n) is 10.5. The molecule has 1 saturated heterocycles. The Morgan fingerprint density at radius 3 is 2.84 bits per heavy atom. The van der Waals surface area contributed by atoms with Gasteiger partial charge in [-0.05, 0) is 64.8 Å². The molecule has 1 aliphatic heterocycles. The Bertz CT molecular complexity index is 1170. The number of amides is 2. The Balaban J connectivity index is 1.29. The van der Waals surface area contributed by atoms with Gasteiger partial charge in [-0.2, -0.15) is 0 Å². The minimum atomic E-state index is -0.172. The predicted octanol–water partition coefficient (Wildman–Crippen LogP) is 3.22. The zero-order valence-electron chi connectivity index (χ0n) is 18.8. The highest BCUT2D eigenvalue weighted by atomic mass is 16.2. The van der Waals surface area contributed by atoms with Gasteiger partial charge in [0, 0.05) is 48.2 Å². The summed E-state index contributed by atoms with van der Waals surface area (Å²) in [5.74, 6) is 0.194. The fraction of sp³-hybridized carbons (Fsp3) is 0.522. The van der Waals surface area contributed by atoms with Crippen molar-refractivity contribution in [1.29, 1.82) is 0 Å². The molecule has 0 spiro atoms. The number of anilines is 1. The Kier molecular flexibility index (Phi) is 4.79. The van der Waals surface area contributed by atoms with Crippen LogP contribution in [-0.4, -0.2) is 54.5 Å². The molecule has 0 radical (unpaired) electrons. The molecular formula is C23H29N7O2. The number of aromatic nitrogens is 5. The molecule has 9 heteroatoms. The molecule has 2 amide bonds. The Morgan fingerprint density at radius 2 is 2.06 bits per heavy atom. The number of aryl methyl sites for hydroxylation is 1. The molecule has 1 saturated carbocycles. The summed E-state index contributed by atoms with van der Waals surface area (Å²) >= 11 is 0. The zero-order chi connectivity index (χ0) is 22.5. The average Bonchev–Trinajstić information content (AvgIpc) is 3.42. The normalized spacial score (nSPS) is 24.1. The summed E-state index contributed by atoms with van der Waals surface area (Å²) < 4.78 is 2.02. The standard InChI is InChI=1S/C23H29N7O2/c1-22(2)11-17-12-23(3,13-22)14-30(17)20(32)16-4-5-18-15(10-16)6-8-29(18)9-7-19(31)24-21-25-27-28-26-21/h4-6,8,10,17H,7,9,11-14H2,1-3H3,(H2,24,25,26,27,28,31). The number of nitrogens with one attached hydrogen (secondary N) is 2. The van der Waals surface area contributed by atoms with E-state index in [0.717, 1.165) is 35.9 Å². The van der Waals surface area contributed by atoms with Crippen LogP contribution in [0.15, 0.2) is 30.5 Å². The lowest BCUT2D eigenvalue weighted by Crippen LogP contribution is -2.37.